The molecule has 2 heterocycles. The van der Waals surface area contributed by atoms with Crippen LogP contribution in [0.3, 0.4) is 0 Å². The molecule has 3 rings (SSSR count). The zero-order valence-electron chi connectivity index (χ0n) is 9.62. The molecule has 0 spiro atoms. The van der Waals surface area contributed by atoms with Gasteiger partial charge in [-0.05, 0) is 42.7 Å². The summed E-state index contributed by atoms with van der Waals surface area (Å²) in [5.74, 6) is -0.0486. The lowest BCUT2D eigenvalue weighted by molar-refractivity contribution is 0.104. The molecule has 0 bridgehead atoms. The van der Waals surface area contributed by atoms with E-state index in [1.54, 1.807) is 6.07 Å². The zero-order chi connectivity index (χ0) is 12.5. The molecule has 0 saturated carbocycles. The Hall–Kier alpha value is -2.14. The highest BCUT2D eigenvalue weighted by Crippen LogP contribution is 2.18. The van der Waals surface area contributed by atoms with E-state index in [-0.39, 0.29) is 5.78 Å². The first-order valence-corrected chi connectivity index (χ1v) is 6.21. The van der Waals surface area contributed by atoms with E-state index in [4.69, 9.17) is 0 Å². The molecule has 0 aliphatic rings. The fourth-order valence-electron chi connectivity index (χ4n) is 1.78. The van der Waals surface area contributed by atoms with Gasteiger partial charge in [0.2, 0.25) is 5.78 Å². The Balaban J connectivity index is 2.09. The maximum absolute atomic E-state index is 12.1. The van der Waals surface area contributed by atoms with E-state index < -0.39 is 0 Å². The average Bonchev–Trinajstić information content (AvgIpc) is 2.91. The fourth-order valence-corrected chi connectivity index (χ4v) is 2.26. The highest BCUT2D eigenvalue weighted by atomic mass is 32.1. The third-order valence-electron chi connectivity index (χ3n) is 2.68. The average molecular weight is 255 g/mol. The second-order valence-electron chi connectivity index (χ2n) is 3.97. The van der Waals surface area contributed by atoms with Crippen LogP contribution in [0.4, 0.5) is 0 Å². The van der Waals surface area contributed by atoms with Crippen molar-refractivity contribution in [2.24, 2.45) is 0 Å². The number of carbonyl (C=O) groups excluding carboxylic acids is 1. The fraction of sp³-hybridized carbons (Fsp3) is 0.0769. The van der Waals surface area contributed by atoms with Crippen molar-refractivity contribution >= 4 is 28.2 Å². The molecule has 88 valence electrons. The number of fused-ring (bicyclic) bond motifs is 1. The summed E-state index contributed by atoms with van der Waals surface area (Å²) >= 11 is 1.11. The number of ketones is 1. The highest BCUT2D eigenvalue weighted by Gasteiger charge is 2.12. The van der Waals surface area contributed by atoms with Gasteiger partial charge in [-0.2, -0.15) is 0 Å². The zero-order valence-corrected chi connectivity index (χ0v) is 10.4. The third-order valence-corrected chi connectivity index (χ3v) is 3.34. The summed E-state index contributed by atoms with van der Waals surface area (Å²) in [4.78, 5) is 17.1. The van der Waals surface area contributed by atoms with Crippen molar-refractivity contribution in [1.82, 2.24) is 14.6 Å². The Kier molecular flexibility index (Phi) is 2.60. The van der Waals surface area contributed by atoms with Crippen LogP contribution in [0, 0.1) is 6.92 Å². The lowest BCUT2D eigenvalue weighted by atomic mass is 10.1. The quantitative estimate of drug-likeness (QED) is 0.660. The highest BCUT2D eigenvalue weighted by molar-refractivity contribution is 7.08. The topological polar surface area (TPSA) is 55.7 Å². The molecule has 0 amide bonds. The van der Waals surface area contributed by atoms with E-state index in [0.717, 1.165) is 28.1 Å². The van der Waals surface area contributed by atoms with Crippen LogP contribution in [0.1, 0.15) is 20.9 Å². The van der Waals surface area contributed by atoms with Gasteiger partial charge in [0, 0.05) is 16.6 Å². The van der Waals surface area contributed by atoms with Gasteiger partial charge in [-0.15, -0.1) is 5.10 Å². The number of rotatable bonds is 2. The maximum atomic E-state index is 12.1. The van der Waals surface area contributed by atoms with Gasteiger partial charge >= 0.3 is 0 Å². The van der Waals surface area contributed by atoms with Gasteiger partial charge in [0.1, 0.15) is 4.88 Å². The van der Waals surface area contributed by atoms with Gasteiger partial charge < -0.3 is 0 Å². The lowest BCUT2D eigenvalue weighted by Crippen LogP contribution is -1.98. The number of benzene rings is 1. The molecular weight excluding hydrogens is 246 g/mol. The minimum absolute atomic E-state index is 0.0486. The number of nitrogens with zero attached hydrogens (tertiary/aromatic N) is 3. The number of pyridine rings is 1. The summed E-state index contributed by atoms with van der Waals surface area (Å²) in [7, 11) is 0. The van der Waals surface area contributed by atoms with Gasteiger partial charge in [0.25, 0.3) is 0 Å². The van der Waals surface area contributed by atoms with Crippen molar-refractivity contribution in [2.75, 3.05) is 0 Å². The van der Waals surface area contributed by atoms with Crippen LogP contribution in [-0.2, 0) is 0 Å². The molecule has 3 aromatic rings. The number of aromatic nitrogens is 3. The molecule has 4 nitrogen and oxygen atoms in total. The largest absolute Gasteiger partial charge is 0.288 e. The summed E-state index contributed by atoms with van der Waals surface area (Å²) in [6.07, 6.45) is 1.49. The van der Waals surface area contributed by atoms with Crippen LogP contribution < -0.4 is 0 Å². The molecule has 5 heteroatoms. The van der Waals surface area contributed by atoms with Crippen molar-refractivity contribution in [3.05, 3.63) is 52.7 Å². The van der Waals surface area contributed by atoms with Gasteiger partial charge in [0.15, 0.2) is 0 Å². The van der Waals surface area contributed by atoms with Crippen LogP contribution in [0.2, 0.25) is 0 Å². The first-order chi connectivity index (χ1) is 8.74. The van der Waals surface area contributed by atoms with E-state index in [2.05, 4.69) is 14.6 Å². The van der Waals surface area contributed by atoms with E-state index in [0.29, 0.717) is 10.4 Å². The van der Waals surface area contributed by atoms with Crippen LogP contribution in [-0.4, -0.2) is 20.4 Å². The molecule has 0 aliphatic heterocycles. The smallest absolute Gasteiger partial charge is 0.206 e. The molecular formula is C13H9N3OS. The molecule has 18 heavy (non-hydrogen) atoms. The Morgan fingerprint density at radius 1 is 1.22 bits per heavy atom. The van der Waals surface area contributed by atoms with Crippen molar-refractivity contribution in [3.63, 3.8) is 0 Å². The first kappa shape index (κ1) is 11.0. The van der Waals surface area contributed by atoms with Crippen molar-refractivity contribution in [1.29, 1.82) is 0 Å². The van der Waals surface area contributed by atoms with Crippen LogP contribution in [0.15, 0.2) is 36.5 Å². The Labute approximate surface area is 107 Å². The molecule has 1 aromatic carbocycles. The van der Waals surface area contributed by atoms with E-state index >= 15 is 0 Å². The van der Waals surface area contributed by atoms with Crippen LogP contribution >= 0.6 is 11.5 Å². The lowest BCUT2D eigenvalue weighted by Gasteiger charge is -2.01. The molecule has 0 atom stereocenters. The number of aryl methyl sites for hydroxylation is 1. The SMILES string of the molecule is Cc1ccc2cc(C(=O)c3cnns3)ccc2n1. The number of hydrogen-bond acceptors (Lipinski definition) is 5. The molecule has 0 N–H and O–H groups in total. The maximum Gasteiger partial charge on any atom is 0.206 e. The molecule has 0 saturated heterocycles. The monoisotopic (exact) mass is 255 g/mol. The van der Waals surface area contributed by atoms with Gasteiger partial charge in [-0.3, -0.25) is 9.78 Å². The molecule has 0 fully saturated rings. The minimum atomic E-state index is -0.0486. The molecule has 0 aliphatic carbocycles. The summed E-state index contributed by atoms with van der Waals surface area (Å²) in [6, 6.07) is 9.41. The van der Waals surface area contributed by atoms with Crippen molar-refractivity contribution in [2.45, 2.75) is 6.92 Å². The Morgan fingerprint density at radius 2 is 2.11 bits per heavy atom. The summed E-state index contributed by atoms with van der Waals surface area (Å²) in [5, 5.41) is 4.64. The summed E-state index contributed by atoms with van der Waals surface area (Å²) in [6.45, 7) is 1.95. The van der Waals surface area contributed by atoms with Crippen molar-refractivity contribution < 1.29 is 4.79 Å². The van der Waals surface area contributed by atoms with E-state index in [1.807, 2.05) is 31.2 Å². The summed E-state index contributed by atoms with van der Waals surface area (Å²) in [5.41, 5.74) is 2.50. The van der Waals surface area contributed by atoms with Crippen LogP contribution in [0.5, 0.6) is 0 Å². The normalized spacial score (nSPS) is 10.7. The van der Waals surface area contributed by atoms with Gasteiger partial charge in [0.05, 0.1) is 11.7 Å². The third kappa shape index (κ3) is 1.89. The second kappa shape index (κ2) is 4.27. The number of carbonyl (C=O) groups is 1. The second-order valence-corrected chi connectivity index (χ2v) is 4.76. The minimum Gasteiger partial charge on any atom is -0.288 e. The van der Waals surface area contributed by atoms with Crippen molar-refractivity contribution in [3.8, 4) is 0 Å². The van der Waals surface area contributed by atoms with Crippen LogP contribution in [0.25, 0.3) is 10.9 Å². The first-order valence-electron chi connectivity index (χ1n) is 5.43. The number of hydrogen-bond donors (Lipinski definition) is 0. The summed E-state index contributed by atoms with van der Waals surface area (Å²) < 4.78 is 3.70. The van der Waals surface area contributed by atoms with E-state index in [1.165, 1.54) is 6.20 Å². The van der Waals surface area contributed by atoms with Gasteiger partial charge in [-0.1, -0.05) is 10.6 Å². The predicted octanol–water partition coefficient (Wildman–Crippen LogP) is 2.63. The standard InChI is InChI=1S/C13H9N3OS/c1-8-2-3-9-6-10(4-5-11(9)15-8)13(17)12-7-14-16-18-12/h2-7H,1H3. The Morgan fingerprint density at radius 3 is 2.89 bits per heavy atom. The van der Waals surface area contributed by atoms with E-state index in [9.17, 15) is 4.79 Å². The van der Waals surface area contributed by atoms with Gasteiger partial charge in [-0.25, -0.2) is 0 Å². The molecule has 0 unspecified atom stereocenters. The Bertz CT molecular complexity index is 722. The predicted molar refractivity (Wildman–Crippen MR) is 69.8 cm³/mol. The molecule has 0 radical (unpaired) electrons. The molecule has 2 aromatic heterocycles.